The van der Waals surface area contributed by atoms with E-state index in [0.717, 1.165) is 11.3 Å². The molecule has 0 bridgehead atoms. The maximum absolute atomic E-state index is 11.2. The van der Waals surface area contributed by atoms with Gasteiger partial charge < -0.3 is 4.74 Å². The zero-order chi connectivity index (χ0) is 11.3. The Kier molecular flexibility index (Phi) is 4.44. The van der Waals surface area contributed by atoms with Gasteiger partial charge in [-0.05, 0) is 6.92 Å². The second kappa shape index (κ2) is 5.62. The summed E-state index contributed by atoms with van der Waals surface area (Å²) in [6.45, 7) is 1.96. The van der Waals surface area contributed by atoms with Crippen molar-refractivity contribution in [3.63, 3.8) is 0 Å². The molecule has 0 fully saturated rings. The molecule has 82 valence electrons. The molecule has 0 aromatic carbocycles. The molecule has 1 rings (SSSR count). The highest BCUT2D eigenvalue weighted by Crippen LogP contribution is 2.15. The van der Waals surface area contributed by atoms with Crippen molar-refractivity contribution in [2.75, 3.05) is 17.8 Å². The minimum absolute atomic E-state index is 0.0988. The fourth-order valence-corrected chi connectivity index (χ4v) is 1.42. The molecule has 0 aliphatic heterocycles. The number of alkyl halides is 1. The van der Waals surface area contributed by atoms with E-state index in [4.69, 9.17) is 16.3 Å². The Bertz CT molecular complexity index is 368. The Hall–Kier alpha value is -1.21. The lowest BCUT2D eigenvalue weighted by Crippen LogP contribution is -2.12. The Balaban J connectivity index is 2.63. The Morgan fingerprint density at radius 2 is 2.27 bits per heavy atom. The number of anilines is 1. The van der Waals surface area contributed by atoms with Gasteiger partial charge in [0.25, 0.3) is 0 Å². The summed E-state index contributed by atoms with van der Waals surface area (Å²) in [5, 5.41) is 9.84. The highest BCUT2D eigenvalue weighted by Gasteiger charge is 2.14. The number of rotatable bonds is 4. The van der Waals surface area contributed by atoms with Gasteiger partial charge in [0, 0.05) is 0 Å². The number of aromatic nitrogens is 2. The molecule has 0 saturated carbocycles. The summed E-state index contributed by atoms with van der Waals surface area (Å²) in [7, 11) is 0. The predicted molar refractivity (Wildman–Crippen MR) is 55.2 cm³/mol. The summed E-state index contributed by atoms with van der Waals surface area (Å²) < 4.78 is 4.70. The SMILES string of the molecule is CCOC(=O)c1nnc(NC(=O)CCl)s1. The third-order valence-electron chi connectivity index (χ3n) is 1.24. The van der Waals surface area contributed by atoms with Crippen LogP contribution in [-0.2, 0) is 9.53 Å². The molecule has 0 aliphatic rings. The van der Waals surface area contributed by atoms with Gasteiger partial charge >= 0.3 is 5.97 Å². The number of carbonyl (C=O) groups is 2. The largest absolute Gasteiger partial charge is 0.461 e. The first-order valence-electron chi connectivity index (χ1n) is 4.03. The molecule has 1 aromatic rings. The summed E-state index contributed by atoms with van der Waals surface area (Å²) in [6, 6.07) is 0. The van der Waals surface area contributed by atoms with Crippen molar-refractivity contribution >= 4 is 39.9 Å². The summed E-state index contributed by atoms with van der Waals surface area (Å²) in [5.41, 5.74) is 0. The average Bonchev–Trinajstić information content (AvgIpc) is 2.66. The van der Waals surface area contributed by atoms with Crippen molar-refractivity contribution in [2.24, 2.45) is 0 Å². The third kappa shape index (κ3) is 3.45. The van der Waals surface area contributed by atoms with E-state index in [1.807, 2.05) is 0 Å². The highest BCUT2D eigenvalue weighted by molar-refractivity contribution is 7.17. The average molecular weight is 250 g/mol. The van der Waals surface area contributed by atoms with Crippen molar-refractivity contribution < 1.29 is 14.3 Å². The lowest BCUT2D eigenvalue weighted by Gasteiger charge is -1.95. The van der Waals surface area contributed by atoms with Crippen LogP contribution in [0.3, 0.4) is 0 Å². The minimum Gasteiger partial charge on any atom is -0.461 e. The lowest BCUT2D eigenvalue weighted by molar-refractivity contribution is -0.113. The second-order valence-corrected chi connectivity index (χ2v) is 3.56. The zero-order valence-electron chi connectivity index (χ0n) is 7.82. The van der Waals surface area contributed by atoms with Crippen LogP contribution in [0.1, 0.15) is 16.7 Å². The number of carbonyl (C=O) groups excluding carboxylic acids is 2. The summed E-state index contributed by atoms with van der Waals surface area (Å²) in [5.74, 6) is -1.13. The van der Waals surface area contributed by atoms with Crippen LogP contribution in [0, 0.1) is 0 Å². The van der Waals surface area contributed by atoms with Crippen molar-refractivity contribution in [1.29, 1.82) is 0 Å². The number of amides is 1. The number of hydrogen-bond acceptors (Lipinski definition) is 6. The smallest absolute Gasteiger partial charge is 0.369 e. The molecule has 0 aliphatic carbocycles. The van der Waals surface area contributed by atoms with E-state index < -0.39 is 11.9 Å². The number of nitrogens with one attached hydrogen (secondary N) is 1. The van der Waals surface area contributed by atoms with Crippen LogP contribution >= 0.6 is 22.9 Å². The maximum Gasteiger partial charge on any atom is 0.369 e. The monoisotopic (exact) mass is 249 g/mol. The normalized spacial score (nSPS) is 9.73. The molecule has 0 atom stereocenters. The third-order valence-corrected chi connectivity index (χ3v) is 2.30. The molecule has 8 heteroatoms. The lowest BCUT2D eigenvalue weighted by atomic mass is 10.7. The molecule has 1 aromatic heterocycles. The van der Waals surface area contributed by atoms with Gasteiger partial charge in [-0.1, -0.05) is 11.3 Å². The van der Waals surface area contributed by atoms with E-state index >= 15 is 0 Å². The van der Waals surface area contributed by atoms with Crippen molar-refractivity contribution in [3.05, 3.63) is 5.01 Å². The molecule has 15 heavy (non-hydrogen) atoms. The first-order valence-corrected chi connectivity index (χ1v) is 5.39. The van der Waals surface area contributed by atoms with E-state index in [1.165, 1.54) is 0 Å². The summed E-state index contributed by atoms with van der Waals surface area (Å²) in [6.07, 6.45) is 0. The van der Waals surface area contributed by atoms with Crippen LogP contribution in [0.4, 0.5) is 5.13 Å². The van der Waals surface area contributed by atoms with E-state index in [0.29, 0.717) is 0 Å². The molecule has 6 nitrogen and oxygen atoms in total. The van der Waals surface area contributed by atoms with E-state index in [-0.39, 0.29) is 22.6 Å². The van der Waals surface area contributed by atoms with Crippen LogP contribution in [0.5, 0.6) is 0 Å². The van der Waals surface area contributed by atoms with Gasteiger partial charge in [0.15, 0.2) is 0 Å². The van der Waals surface area contributed by atoms with Crippen LogP contribution in [0.2, 0.25) is 0 Å². The van der Waals surface area contributed by atoms with Gasteiger partial charge in [0.1, 0.15) is 5.88 Å². The molecule has 1 N–H and O–H groups in total. The van der Waals surface area contributed by atoms with Gasteiger partial charge in [-0.15, -0.1) is 21.8 Å². The van der Waals surface area contributed by atoms with Crippen LogP contribution < -0.4 is 5.32 Å². The first kappa shape index (κ1) is 11.9. The van der Waals surface area contributed by atoms with Gasteiger partial charge in [-0.2, -0.15) is 0 Å². The molecule has 0 radical (unpaired) electrons. The van der Waals surface area contributed by atoms with E-state index in [1.54, 1.807) is 6.92 Å². The summed E-state index contributed by atoms with van der Waals surface area (Å²) in [4.78, 5) is 22.0. The van der Waals surface area contributed by atoms with E-state index in [2.05, 4.69) is 15.5 Å². The van der Waals surface area contributed by atoms with E-state index in [9.17, 15) is 9.59 Å². The first-order chi connectivity index (χ1) is 7.17. The number of esters is 1. The Morgan fingerprint density at radius 3 is 2.87 bits per heavy atom. The van der Waals surface area contributed by atoms with Gasteiger partial charge in [0.05, 0.1) is 6.61 Å². The second-order valence-electron chi connectivity index (χ2n) is 2.31. The summed E-state index contributed by atoms with van der Waals surface area (Å²) >= 11 is 6.21. The molecular formula is C7H8ClN3O3S. The van der Waals surface area contributed by atoms with Crippen molar-refractivity contribution in [1.82, 2.24) is 10.2 Å². The number of hydrogen-bond donors (Lipinski definition) is 1. The maximum atomic E-state index is 11.2. The topological polar surface area (TPSA) is 81.2 Å². The molecular weight excluding hydrogens is 242 g/mol. The molecule has 1 amide bonds. The van der Waals surface area contributed by atoms with Gasteiger partial charge in [-0.3, -0.25) is 10.1 Å². The minimum atomic E-state index is -0.554. The van der Waals surface area contributed by atoms with Gasteiger partial charge in [-0.25, -0.2) is 4.79 Å². The molecule has 0 saturated heterocycles. The predicted octanol–water partition coefficient (Wildman–Crippen LogP) is 0.892. The number of halogens is 1. The van der Waals surface area contributed by atoms with Gasteiger partial charge in [0.2, 0.25) is 16.0 Å². The highest BCUT2D eigenvalue weighted by atomic mass is 35.5. The van der Waals surface area contributed by atoms with Crippen LogP contribution in [0.15, 0.2) is 0 Å². The van der Waals surface area contributed by atoms with Crippen LogP contribution in [0.25, 0.3) is 0 Å². The fourth-order valence-electron chi connectivity index (χ4n) is 0.702. The standard InChI is InChI=1S/C7H8ClN3O3S/c1-2-14-6(13)5-10-11-7(15-5)9-4(12)3-8/h2-3H2,1H3,(H,9,11,12). The zero-order valence-corrected chi connectivity index (χ0v) is 9.39. The molecule has 0 spiro atoms. The molecule has 0 unspecified atom stereocenters. The fraction of sp³-hybridized carbons (Fsp3) is 0.429. The Morgan fingerprint density at radius 1 is 1.53 bits per heavy atom. The Labute approximate surface area is 94.6 Å². The number of nitrogens with zero attached hydrogens (tertiary/aromatic N) is 2. The quantitative estimate of drug-likeness (QED) is 0.633. The van der Waals surface area contributed by atoms with Crippen molar-refractivity contribution in [3.8, 4) is 0 Å². The van der Waals surface area contributed by atoms with Crippen LogP contribution in [-0.4, -0.2) is 34.6 Å². The molecule has 1 heterocycles. The number of ether oxygens (including phenoxy) is 1. The van der Waals surface area contributed by atoms with Crippen molar-refractivity contribution in [2.45, 2.75) is 6.92 Å².